The SMILES string of the molecule is Cc1cc(Nc2cnc3c(c2)CN(c2ccc(Oc4ccnc(C)c4)cc2)C3=O)ccn1. The Bertz CT molecular complexity index is 1300. The first-order valence-corrected chi connectivity index (χ1v) is 10.3. The minimum Gasteiger partial charge on any atom is -0.457 e. The summed E-state index contributed by atoms with van der Waals surface area (Å²) >= 11 is 0. The first-order chi connectivity index (χ1) is 15.5. The van der Waals surface area contributed by atoms with Gasteiger partial charge >= 0.3 is 0 Å². The number of pyridine rings is 3. The number of aryl methyl sites for hydroxylation is 2. The summed E-state index contributed by atoms with van der Waals surface area (Å²) in [4.78, 5) is 27.4. The van der Waals surface area contributed by atoms with E-state index in [1.54, 1.807) is 23.5 Å². The van der Waals surface area contributed by atoms with Crippen molar-refractivity contribution in [3.05, 3.63) is 95.8 Å². The maximum absolute atomic E-state index is 12.9. The molecule has 0 radical (unpaired) electrons. The standard InChI is InChI=1S/C25H21N5O2/c1-16-11-19(7-9-26-16)29-20-13-18-15-30(25(31)24(18)28-14-20)21-3-5-22(6-4-21)32-23-8-10-27-17(2)12-23/h3-14H,15H2,1-2H3,(H,26,29). The molecule has 7 nitrogen and oxygen atoms in total. The van der Waals surface area contributed by atoms with Crippen LogP contribution >= 0.6 is 0 Å². The predicted octanol–water partition coefficient (Wildman–Crippen LogP) is 5.18. The van der Waals surface area contributed by atoms with Crippen molar-refractivity contribution in [2.24, 2.45) is 0 Å². The molecule has 0 spiro atoms. The molecule has 7 heteroatoms. The summed E-state index contributed by atoms with van der Waals surface area (Å²) < 4.78 is 5.88. The molecule has 0 saturated carbocycles. The van der Waals surface area contributed by atoms with Crippen LogP contribution in [-0.4, -0.2) is 20.9 Å². The molecule has 1 aromatic carbocycles. The molecule has 1 aliphatic heterocycles. The van der Waals surface area contributed by atoms with Crippen molar-refractivity contribution in [3.8, 4) is 11.5 Å². The third kappa shape index (κ3) is 4.00. The summed E-state index contributed by atoms with van der Waals surface area (Å²) in [7, 11) is 0. The molecule has 0 fully saturated rings. The third-order valence-corrected chi connectivity index (χ3v) is 5.18. The van der Waals surface area contributed by atoms with Gasteiger partial charge in [-0.15, -0.1) is 0 Å². The van der Waals surface area contributed by atoms with Crippen LogP contribution in [0.15, 0.2) is 73.2 Å². The van der Waals surface area contributed by atoms with Crippen molar-refractivity contribution in [2.75, 3.05) is 10.2 Å². The number of anilines is 3. The molecule has 32 heavy (non-hydrogen) atoms. The van der Waals surface area contributed by atoms with E-state index in [0.29, 0.717) is 18.0 Å². The second-order valence-electron chi connectivity index (χ2n) is 7.66. The van der Waals surface area contributed by atoms with Crippen LogP contribution in [0, 0.1) is 13.8 Å². The van der Waals surface area contributed by atoms with Crippen LogP contribution in [0.4, 0.5) is 17.1 Å². The Balaban J connectivity index is 1.31. The Morgan fingerprint density at radius 1 is 0.844 bits per heavy atom. The normalized spacial score (nSPS) is 12.6. The number of hydrogen-bond donors (Lipinski definition) is 1. The van der Waals surface area contributed by atoms with Crippen molar-refractivity contribution < 1.29 is 9.53 Å². The van der Waals surface area contributed by atoms with Crippen molar-refractivity contribution >= 4 is 23.0 Å². The molecule has 3 aromatic heterocycles. The molecule has 1 N–H and O–H groups in total. The van der Waals surface area contributed by atoms with Gasteiger partial charge in [-0.05, 0) is 62.4 Å². The molecular weight excluding hydrogens is 402 g/mol. The van der Waals surface area contributed by atoms with E-state index in [-0.39, 0.29) is 5.91 Å². The van der Waals surface area contributed by atoms with E-state index < -0.39 is 0 Å². The van der Waals surface area contributed by atoms with E-state index in [2.05, 4.69) is 20.3 Å². The highest BCUT2D eigenvalue weighted by Crippen LogP contribution is 2.31. The lowest BCUT2D eigenvalue weighted by molar-refractivity contribution is 0.0992. The molecular formula is C25H21N5O2. The molecule has 5 rings (SSSR count). The van der Waals surface area contributed by atoms with Crippen molar-refractivity contribution in [1.82, 2.24) is 15.0 Å². The Hall–Kier alpha value is -4.26. The fourth-order valence-electron chi connectivity index (χ4n) is 3.67. The average Bonchev–Trinajstić information content (AvgIpc) is 3.10. The average molecular weight is 423 g/mol. The lowest BCUT2D eigenvalue weighted by Gasteiger charge is -2.16. The van der Waals surface area contributed by atoms with Crippen molar-refractivity contribution in [3.63, 3.8) is 0 Å². The Kier molecular flexibility index (Phi) is 4.99. The molecule has 1 aliphatic rings. The molecule has 158 valence electrons. The van der Waals surface area contributed by atoms with Gasteiger partial charge in [0.05, 0.1) is 18.4 Å². The number of carbonyl (C=O) groups is 1. The van der Waals surface area contributed by atoms with E-state index in [1.165, 1.54) is 0 Å². The molecule has 0 bridgehead atoms. The minimum atomic E-state index is -0.107. The fraction of sp³-hybridized carbons (Fsp3) is 0.120. The first-order valence-electron chi connectivity index (χ1n) is 10.3. The molecule has 4 aromatic rings. The van der Waals surface area contributed by atoms with Gasteiger partial charge in [-0.2, -0.15) is 0 Å². The zero-order valence-corrected chi connectivity index (χ0v) is 17.7. The van der Waals surface area contributed by atoms with Crippen molar-refractivity contribution in [2.45, 2.75) is 20.4 Å². The van der Waals surface area contributed by atoms with Crippen LogP contribution in [0.25, 0.3) is 0 Å². The number of benzene rings is 1. The van der Waals surface area contributed by atoms with Crippen LogP contribution in [-0.2, 0) is 6.54 Å². The number of carbonyl (C=O) groups excluding carboxylic acids is 1. The number of amides is 1. The van der Waals surface area contributed by atoms with Crippen LogP contribution in [0.1, 0.15) is 27.4 Å². The van der Waals surface area contributed by atoms with Gasteiger partial charge in [0.15, 0.2) is 0 Å². The number of ether oxygens (including phenoxy) is 1. The van der Waals surface area contributed by atoms with Gasteiger partial charge in [0.2, 0.25) is 0 Å². The Morgan fingerprint density at radius 2 is 1.59 bits per heavy atom. The monoisotopic (exact) mass is 423 g/mol. The highest BCUT2D eigenvalue weighted by molar-refractivity contribution is 6.08. The zero-order valence-electron chi connectivity index (χ0n) is 17.7. The zero-order chi connectivity index (χ0) is 22.1. The van der Waals surface area contributed by atoms with Crippen LogP contribution < -0.4 is 15.0 Å². The van der Waals surface area contributed by atoms with Gasteiger partial charge in [0.1, 0.15) is 17.2 Å². The van der Waals surface area contributed by atoms with Gasteiger partial charge < -0.3 is 15.0 Å². The van der Waals surface area contributed by atoms with Gasteiger partial charge in [-0.3, -0.25) is 14.8 Å². The lowest BCUT2D eigenvalue weighted by atomic mass is 10.2. The Labute approximate surface area is 185 Å². The molecule has 1 amide bonds. The van der Waals surface area contributed by atoms with E-state index in [1.807, 2.05) is 68.4 Å². The van der Waals surface area contributed by atoms with Gasteiger partial charge in [-0.25, -0.2) is 4.98 Å². The smallest absolute Gasteiger partial charge is 0.277 e. The second-order valence-corrected chi connectivity index (χ2v) is 7.66. The minimum absolute atomic E-state index is 0.107. The number of fused-ring (bicyclic) bond motifs is 1. The Morgan fingerprint density at radius 3 is 2.34 bits per heavy atom. The summed E-state index contributed by atoms with van der Waals surface area (Å²) in [6, 6.07) is 17.0. The molecule has 0 aliphatic carbocycles. The van der Waals surface area contributed by atoms with Gasteiger partial charge in [-0.1, -0.05) is 0 Å². The number of nitrogens with zero attached hydrogens (tertiary/aromatic N) is 4. The first kappa shape index (κ1) is 19.7. The highest BCUT2D eigenvalue weighted by atomic mass is 16.5. The largest absolute Gasteiger partial charge is 0.457 e. The number of rotatable bonds is 5. The summed E-state index contributed by atoms with van der Waals surface area (Å²) in [5.74, 6) is 1.31. The predicted molar refractivity (Wildman–Crippen MR) is 122 cm³/mol. The van der Waals surface area contributed by atoms with Crippen LogP contribution in [0.3, 0.4) is 0 Å². The number of hydrogen-bond acceptors (Lipinski definition) is 6. The van der Waals surface area contributed by atoms with E-state index in [0.717, 1.165) is 39.8 Å². The topological polar surface area (TPSA) is 80.2 Å². The quantitative estimate of drug-likeness (QED) is 0.476. The fourth-order valence-corrected chi connectivity index (χ4v) is 3.67. The molecule has 0 atom stereocenters. The maximum Gasteiger partial charge on any atom is 0.277 e. The molecule has 0 saturated heterocycles. The number of nitrogens with one attached hydrogen (secondary N) is 1. The highest BCUT2D eigenvalue weighted by Gasteiger charge is 2.30. The maximum atomic E-state index is 12.9. The van der Waals surface area contributed by atoms with Gasteiger partial charge in [0.25, 0.3) is 5.91 Å². The van der Waals surface area contributed by atoms with Crippen LogP contribution in [0.5, 0.6) is 11.5 Å². The summed E-state index contributed by atoms with van der Waals surface area (Å²) in [5, 5.41) is 3.33. The van der Waals surface area contributed by atoms with E-state index >= 15 is 0 Å². The van der Waals surface area contributed by atoms with E-state index in [9.17, 15) is 4.79 Å². The summed E-state index contributed by atoms with van der Waals surface area (Å²) in [6.45, 7) is 4.33. The summed E-state index contributed by atoms with van der Waals surface area (Å²) in [5.41, 5.74) is 5.75. The van der Waals surface area contributed by atoms with Crippen molar-refractivity contribution in [1.29, 1.82) is 0 Å². The third-order valence-electron chi connectivity index (χ3n) is 5.18. The lowest BCUT2D eigenvalue weighted by Crippen LogP contribution is -2.23. The summed E-state index contributed by atoms with van der Waals surface area (Å²) in [6.07, 6.45) is 5.15. The molecule has 0 unspecified atom stereocenters. The second kappa shape index (κ2) is 8.11. The van der Waals surface area contributed by atoms with E-state index in [4.69, 9.17) is 4.74 Å². The van der Waals surface area contributed by atoms with Crippen LogP contribution in [0.2, 0.25) is 0 Å². The molecule has 4 heterocycles. The number of aromatic nitrogens is 3. The van der Waals surface area contributed by atoms with Gasteiger partial charge in [0, 0.05) is 46.8 Å².